The summed E-state index contributed by atoms with van der Waals surface area (Å²) in [5.41, 5.74) is 1.47. The summed E-state index contributed by atoms with van der Waals surface area (Å²) >= 11 is 0. The lowest BCUT2D eigenvalue weighted by molar-refractivity contribution is 0.0498. The Hall–Kier alpha value is -1.10. The number of hydrogen-bond donors (Lipinski definition) is 1. The van der Waals surface area contributed by atoms with Gasteiger partial charge in [0.15, 0.2) is 0 Å². The van der Waals surface area contributed by atoms with Gasteiger partial charge in [-0.2, -0.15) is 0 Å². The molecule has 100 valence electrons. The normalized spacial score (nSPS) is 18.2. The molecule has 2 rings (SSSR count). The molecular formula is C13H18ClNO3. The van der Waals surface area contributed by atoms with Gasteiger partial charge in [-0.1, -0.05) is 18.2 Å². The van der Waals surface area contributed by atoms with Crippen LogP contribution in [0, 0.1) is 0 Å². The van der Waals surface area contributed by atoms with Crippen LogP contribution in [-0.2, 0) is 16.1 Å². The van der Waals surface area contributed by atoms with Gasteiger partial charge in [0.2, 0.25) is 0 Å². The summed E-state index contributed by atoms with van der Waals surface area (Å²) in [6, 6.07) is 7.39. The highest BCUT2D eigenvalue weighted by molar-refractivity contribution is 5.90. The summed E-state index contributed by atoms with van der Waals surface area (Å²) in [6.07, 6.45) is 1.28. The maximum atomic E-state index is 11.5. The molecule has 1 heterocycles. The Morgan fingerprint density at radius 1 is 1.44 bits per heavy atom. The van der Waals surface area contributed by atoms with Crippen molar-refractivity contribution >= 4 is 18.4 Å². The first-order valence-corrected chi connectivity index (χ1v) is 5.80. The van der Waals surface area contributed by atoms with Crippen molar-refractivity contribution in [3.8, 4) is 0 Å². The molecule has 0 bridgehead atoms. The minimum Gasteiger partial charge on any atom is -0.465 e. The summed E-state index contributed by atoms with van der Waals surface area (Å²) in [4.78, 5) is 11.5. The van der Waals surface area contributed by atoms with Crippen molar-refractivity contribution in [1.29, 1.82) is 0 Å². The molecule has 4 nitrogen and oxygen atoms in total. The van der Waals surface area contributed by atoms with Crippen LogP contribution < -0.4 is 5.32 Å². The summed E-state index contributed by atoms with van der Waals surface area (Å²) in [7, 11) is 1.39. The van der Waals surface area contributed by atoms with Gasteiger partial charge in [-0.3, -0.25) is 0 Å². The average Bonchev–Trinajstić information content (AvgIpc) is 2.89. The molecule has 0 spiro atoms. The first kappa shape index (κ1) is 15.0. The van der Waals surface area contributed by atoms with Gasteiger partial charge in [0.05, 0.1) is 25.4 Å². The number of rotatable bonds is 4. The number of esters is 1. The molecule has 0 aliphatic carbocycles. The van der Waals surface area contributed by atoms with Gasteiger partial charge in [0, 0.05) is 6.54 Å². The summed E-state index contributed by atoms with van der Waals surface area (Å²) in [5.74, 6) is -0.311. The molecule has 1 aliphatic rings. The smallest absolute Gasteiger partial charge is 0.338 e. The number of methoxy groups -OCH3 is 1. The number of carbonyl (C=O) groups excluding carboxylic acids is 1. The Kier molecular flexibility index (Phi) is 6.12. The van der Waals surface area contributed by atoms with E-state index in [1.165, 1.54) is 7.11 Å². The van der Waals surface area contributed by atoms with Crippen molar-refractivity contribution in [3.63, 3.8) is 0 Å². The predicted octanol–water partition coefficient (Wildman–Crippen LogP) is 1.77. The number of halogens is 1. The first-order chi connectivity index (χ1) is 8.31. The van der Waals surface area contributed by atoms with Crippen molar-refractivity contribution in [2.75, 3.05) is 20.2 Å². The largest absolute Gasteiger partial charge is 0.465 e. The van der Waals surface area contributed by atoms with E-state index < -0.39 is 0 Å². The van der Waals surface area contributed by atoms with Crippen LogP contribution in [0.25, 0.3) is 0 Å². The highest BCUT2D eigenvalue weighted by Crippen LogP contribution is 2.14. The van der Waals surface area contributed by atoms with Gasteiger partial charge in [-0.15, -0.1) is 12.4 Å². The quantitative estimate of drug-likeness (QED) is 0.848. The minimum atomic E-state index is -0.311. The maximum absolute atomic E-state index is 11.5. The Balaban J connectivity index is 0.00000162. The Morgan fingerprint density at radius 2 is 2.22 bits per heavy atom. The van der Waals surface area contributed by atoms with Crippen LogP contribution in [0.2, 0.25) is 0 Å². The fourth-order valence-electron chi connectivity index (χ4n) is 1.93. The molecule has 18 heavy (non-hydrogen) atoms. The molecule has 1 unspecified atom stereocenters. The van der Waals surface area contributed by atoms with E-state index in [2.05, 4.69) is 5.32 Å². The molecule has 0 aromatic heterocycles. The number of carbonyl (C=O) groups is 1. The van der Waals surface area contributed by atoms with E-state index in [0.29, 0.717) is 12.2 Å². The third kappa shape index (κ3) is 3.70. The zero-order valence-corrected chi connectivity index (χ0v) is 11.2. The van der Waals surface area contributed by atoms with E-state index in [1.807, 2.05) is 18.2 Å². The van der Waals surface area contributed by atoms with Crippen molar-refractivity contribution in [1.82, 2.24) is 5.32 Å². The monoisotopic (exact) mass is 271 g/mol. The van der Waals surface area contributed by atoms with Crippen LogP contribution in [0.15, 0.2) is 24.3 Å². The van der Waals surface area contributed by atoms with Crippen LogP contribution in [0.1, 0.15) is 22.3 Å². The second kappa shape index (κ2) is 7.36. The Labute approximate surface area is 113 Å². The summed E-state index contributed by atoms with van der Waals surface area (Å²) in [5, 5.41) is 3.24. The number of ether oxygens (including phenoxy) is 2. The molecule has 0 radical (unpaired) electrons. The van der Waals surface area contributed by atoms with Gasteiger partial charge in [0.25, 0.3) is 0 Å². The number of benzene rings is 1. The standard InChI is InChI=1S/C13H17NO3.ClH/c1-16-13(15)12-5-3-2-4-10(12)9-17-11-6-7-14-8-11;/h2-5,11,14H,6-9H2,1H3;1H. The SMILES string of the molecule is COC(=O)c1ccccc1COC1CCNC1.Cl. The van der Waals surface area contributed by atoms with Crippen LogP contribution in [0.5, 0.6) is 0 Å². The third-order valence-corrected chi connectivity index (χ3v) is 2.91. The highest BCUT2D eigenvalue weighted by Gasteiger charge is 2.16. The molecular weight excluding hydrogens is 254 g/mol. The fraction of sp³-hybridized carbons (Fsp3) is 0.462. The number of hydrogen-bond acceptors (Lipinski definition) is 4. The molecule has 1 aromatic carbocycles. The van der Waals surface area contributed by atoms with Crippen molar-refractivity contribution in [3.05, 3.63) is 35.4 Å². The molecule has 0 saturated carbocycles. The van der Waals surface area contributed by atoms with E-state index in [4.69, 9.17) is 9.47 Å². The lowest BCUT2D eigenvalue weighted by Gasteiger charge is -2.12. The van der Waals surface area contributed by atoms with Crippen LogP contribution >= 0.6 is 12.4 Å². The van der Waals surface area contributed by atoms with Gasteiger partial charge >= 0.3 is 5.97 Å². The van der Waals surface area contributed by atoms with Crippen LogP contribution in [-0.4, -0.2) is 32.3 Å². The second-order valence-electron chi connectivity index (χ2n) is 4.07. The summed E-state index contributed by atoms with van der Waals surface area (Å²) < 4.78 is 10.5. The fourth-order valence-corrected chi connectivity index (χ4v) is 1.93. The van der Waals surface area contributed by atoms with E-state index in [9.17, 15) is 4.79 Å². The van der Waals surface area contributed by atoms with Gasteiger partial charge in [-0.25, -0.2) is 4.79 Å². The first-order valence-electron chi connectivity index (χ1n) is 5.80. The topological polar surface area (TPSA) is 47.6 Å². The van der Waals surface area contributed by atoms with Crippen molar-refractivity contribution in [2.45, 2.75) is 19.1 Å². The van der Waals surface area contributed by atoms with E-state index in [1.54, 1.807) is 6.07 Å². The molecule has 1 aromatic rings. The molecule has 5 heteroatoms. The molecule has 1 N–H and O–H groups in total. The highest BCUT2D eigenvalue weighted by atomic mass is 35.5. The average molecular weight is 272 g/mol. The lowest BCUT2D eigenvalue weighted by Crippen LogP contribution is -2.17. The van der Waals surface area contributed by atoms with Gasteiger partial charge < -0.3 is 14.8 Å². The van der Waals surface area contributed by atoms with E-state index in [-0.39, 0.29) is 24.5 Å². The molecule has 1 aliphatic heterocycles. The Bertz CT molecular complexity index is 392. The lowest BCUT2D eigenvalue weighted by atomic mass is 10.1. The predicted molar refractivity (Wildman–Crippen MR) is 71.1 cm³/mol. The maximum Gasteiger partial charge on any atom is 0.338 e. The second-order valence-corrected chi connectivity index (χ2v) is 4.07. The Morgan fingerprint density at radius 3 is 2.89 bits per heavy atom. The number of nitrogens with one attached hydrogen (secondary N) is 1. The zero-order chi connectivity index (χ0) is 12.1. The molecule has 1 saturated heterocycles. The van der Waals surface area contributed by atoms with E-state index >= 15 is 0 Å². The molecule has 1 atom stereocenters. The van der Waals surface area contributed by atoms with Crippen LogP contribution in [0.4, 0.5) is 0 Å². The van der Waals surface area contributed by atoms with Crippen LogP contribution in [0.3, 0.4) is 0 Å². The molecule has 1 fully saturated rings. The van der Waals surface area contributed by atoms with Crippen molar-refractivity contribution in [2.24, 2.45) is 0 Å². The zero-order valence-electron chi connectivity index (χ0n) is 10.3. The van der Waals surface area contributed by atoms with E-state index in [0.717, 1.165) is 25.1 Å². The molecule has 0 amide bonds. The third-order valence-electron chi connectivity index (χ3n) is 2.91. The summed E-state index contributed by atoms with van der Waals surface area (Å²) in [6.45, 7) is 2.35. The minimum absolute atomic E-state index is 0. The van der Waals surface area contributed by atoms with Gasteiger partial charge in [0.1, 0.15) is 0 Å². The van der Waals surface area contributed by atoms with Crippen molar-refractivity contribution < 1.29 is 14.3 Å². The van der Waals surface area contributed by atoms with Gasteiger partial charge in [-0.05, 0) is 24.6 Å².